The van der Waals surface area contributed by atoms with Gasteiger partial charge in [-0.05, 0) is 61.9 Å². The van der Waals surface area contributed by atoms with E-state index in [-0.39, 0.29) is 18.0 Å². The maximum absolute atomic E-state index is 12.9. The number of methoxy groups -OCH3 is 1. The summed E-state index contributed by atoms with van der Waals surface area (Å²) < 4.78 is 35.5. The molecule has 0 saturated heterocycles. The van der Waals surface area contributed by atoms with Crippen LogP contribution >= 0.6 is 11.6 Å². The van der Waals surface area contributed by atoms with E-state index in [1.807, 2.05) is 6.92 Å². The molecule has 0 spiro atoms. The van der Waals surface area contributed by atoms with Crippen molar-refractivity contribution in [2.24, 2.45) is 4.40 Å². The largest absolute Gasteiger partial charge is 0.496 e. The van der Waals surface area contributed by atoms with E-state index < -0.39 is 16.1 Å². The number of carbonyl (C=O) groups excluding carboxylic acids is 1. The Morgan fingerprint density at radius 3 is 2.62 bits per heavy atom. The molecule has 7 nitrogen and oxygen atoms in total. The maximum Gasteiger partial charge on any atom is 0.345 e. The first kappa shape index (κ1) is 20.9. The van der Waals surface area contributed by atoms with Crippen molar-refractivity contribution in [3.63, 3.8) is 0 Å². The quantitative estimate of drug-likeness (QED) is 0.781. The van der Waals surface area contributed by atoms with E-state index in [0.29, 0.717) is 22.0 Å². The summed E-state index contributed by atoms with van der Waals surface area (Å²) in [4.78, 5) is 12.9. The lowest BCUT2D eigenvalue weighted by atomic mass is 10.1. The number of anilines is 1. The highest BCUT2D eigenvalue weighted by atomic mass is 35.5. The van der Waals surface area contributed by atoms with Gasteiger partial charge < -0.3 is 10.1 Å². The highest BCUT2D eigenvalue weighted by Crippen LogP contribution is 2.25. The van der Waals surface area contributed by atoms with Crippen LogP contribution in [-0.2, 0) is 15.0 Å². The second-order valence-corrected chi connectivity index (χ2v) is 8.25. The summed E-state index contributed by atoms with van der Waals surface area (Å²) >= 11 is 5.96. The molecule has 0 atom stereocenters. The van der Waals surface area contributed by atoms with E-state index in [4.69, 9.17) is 16.3 Å². The van der Waals surface area contributed by atoms with Crippen LogP contribution in [0, 0.1) is 6.92 Å². The Morgan fingerprint density at radius 1 is 1.24 bits per heavy atom. The summed E-state index contributed by atoms with van der Waals surface area (Å²) in [7, 11) is -2.50. The third-order valence-electron chi connectivity index (χ3n) is 4.33. The van der Waals surface area contributed by atoms with Crippen LogP contribution < -0.4 is 10.1 Å². The van der Waals surface area contributed by atoms with Gasteiger partial charge in [0.25, 0.3) is 5.91 Å². The summed E-state index contributed by atoms with van der Waals surface area (Å²) in [5.41, 5.74) is 2.00. The van der Waals surface area contributed by atoms with Crippen molar-refractivity contribution in [3.05, 3.63) is 70.4 Å². The standard InChI is InChI=1S/C20H20ClN3O4S/c1-4-24-18(20(25)22-16-7-5-6-15(21)11-16)12-17(23-29(24,26)27)14-8-9-19(28-3)13(2)10-14/h5-12H,4H2,1-3H3,(H,22,25). The molecular weight excluding hydrogens is 414 g/mol. The second kappa shape index (κ2) is 8.26. The Kier molecular flexibility index (Phi) is 5.95. The zero-order chi connectivity index (χ0) is 21.2. The molecule has 1 aliphatic rings. The van der Waals surface area contributed by atoms with Crippen LogP contribution in [0.15, 0.2) is 58.6 Å². The van der Waals surface area contributed by atoms with Gasteiger partial charge in [-0.3, -0.25) is 4.79 Å². The van der Waals surface area contributed by atoms with Crippen molar-refractivity contribution < 1.29 is 17.9 Å². The van der Waals surface area contributed by atoms with Crippen molar-refractivity contribution in [2.75, 3.05) is 19.0 Å². The van der Waals surface area contributed by atoms with Gasteiger partial charge in [-0.2, -0.15) is 8.42 Å². The molecule has 9 heteroatoms. The second-order valence-electron chi connectivity index (χ2n) is 6.30. The first-order valence-electron chi connectivity index (χ1n) is 8.81. The smallest absolute Gasteiger partial charge is 0.345 e. The number of hydrogen-bond acceptors (Lipinski definition) is 4. The highest BCUT2D eigenvalue weighted by Gasteiger charge is 2.32. The molecular formula is C20H20ClN3O4S. The molecule has 1 heterocycles. The van der Waals surface area contributed by atoms with Gasteiger partial charge >= 0.3 is 10.2 Å². The molecule has 0 unspecified atom stereocenters. The van der Waals surface area contributed by atoms with Crippen molar-refractivity contribution in [1.29, 1.82) is 0 Å². The van der Waals surface area contributed by atoms with Gasteiger partial charge in [0.2, 0.25) is 0 Å². The van der Waals surface area contributed by atoms with E-state index in [1.54, 1.807) is 56.5 Å². The number of ether oxygens (including phenoxy) is 1. The molecule has 3 rings (SSSR count). The Labute approximate surface area is 174 Å². The predicted octanol–water partition coefficient (Wildman–Crippen LogP) is 3.55. The average molecular weight is 434 g/mol. The number of carbonyl (C=O) groups is 1. The Hall–Kier alpha value is -2.84. The van der Waals surface area contributed by atoms with Crippen LogP contribution in [0.5, 0.6) is 5.75 Å². The molecule has 0 aliphatic carbocycles. The van der Waals surface area contributed by atoms with Crippen LogP contribution in [0.3, 0.4) is 0 Å². The fourth-order valence-corrected chi connectivity index (χ4v) is 4.38. The molecule has 1 amide bonds. The van der Waals surface area contributed by atoms with Crippen LogP contribution in [0.2, 0.25) is 5.02 Å². The van der Waals surface area contributed by atoms with E-state index >= 15 is 0 Å². The SMILES string of the molecule is CCN1C(C(=O)Nc2cccc(Cl)c2)=CC(c2ccc(OC)c(C)c2)=NS1(=O)=O. The molecule has 1 N–H and O–H groups in total. The summed E-state index contributed by atoms with van der Waals surface area (Å²) in [6, 6.07) is 11.8. The van der Waals surface area contributed by atoms with Crippen LogP contribution in [-0.4, -0.2) is 38.0 Å². The van der Waals surface area contributed by atoms with Gasteiger partial charge in [-0.15, -0.1) is 4.40 Å². The lowest BCUT2D eigenvalue weighted by molar-refractivity contribution is -0.113. The molecule has 0 saturated carbocycles. The number of nitrogens with zero attached hydrogens (tertiary/aromatic N) is 2. The average Bonchev–Trinajstić information content (AvgIpc) is 2.66. The summed E-state index contributed by atoms with van der Waals surface area (Å²) in [6.07, 6.45) is 1.46. The van der Waals surface area contributed by atoms with Crippen molar-refractivity contribution in [1.82, 2.24) is 4.31 Å². The van der Waals surface area contributed by atoms with Gasteiger partial charge in [-0.1, -0.05) is 17.7 Å². The lowest BCUT2D eigenvalue weighted by Crippen LogP contribution is -2.38. The predicted molar refractivity (Wildman–Crippen MR) is 114 cm³/mol. The molecule has 0 bridgehead atoms. The third kappa shape index (κ3) is 4.44. The summed E-state index contributed by atoms with van der Waals surface area (Å²) in [6.45, 7) is 3.54. The van der Waals surface area contributed by atoms with Gasteiger partial charge in [-0.25, -0.2) is 4.31 Å². The fourth-order valence-electron chi connectivity index (χ4n) is 2.97. The number of aryl methyl sites for hydroxylation is 1. The minimum atomic E-state index is -4.06. The molecule has 0 radical (unpaired) electrons. The fraction of sp³-hybridized carbons (Fsp3) is 0.200. The third-order valence-corrected chi connectivity index (χ3v) is 6.00. The summed E-state index contributed by atoms with van der Waals surface area (Å²) in [5, 5.41) is 3.14. The Balaban J connectivity index is 2.02. The monoisotopic (exact) mass is 433 g/mol. The molecule has 2 aromatic carbocycles. The number of amides is 1. The number of halogens is 1. The molecule has 152 valence electrons. The topological polar surface area (TPSA) is 88.1 Å². The molecule has 1 aliphatic heterocycles. The van der Waals surface area contributed by atoms with E-state index in [1.165, 1.54) is 6.08 Å². The lowest BCUT2D eigenvalue weighted by Gasteiger charge is -2.26. The van der Waals surface area contributed by atoms with Crippen LogP contribution in [0.25, 0.3) is 0 Å². The highest BCUT2D eigenvalue weighted by molar-refractivity contribution is 7.88. The molecule has 0 fully saturated rings. The first-order valence-corrected chi connectivity index (χ1v) is 10.6. The van der Waals surface area contributed by atoms with Gasteiger partial charge in [0.05, 0.1) is 12.8 Å². The number of rotatable bonds is 5. The minimum absolute atomic E-state index is 0.0223. The molecule has 2 aromatic rings. The van der Waals surface area contributed by atoms with Crippen molar-refractivity contribution in [3.8, 4) is 5.75 Å². The Morgan fingerprint density at radius 2 is 2.00 bits per heavy atom. The normalized spacial score (nSPS) is 15.4. The van der Waals surface area contributed by atoms with Crippen LogP contribution in [0.4, 0.5) is 5.69 Å². The molecule has 0 aromatic heterocycles. The van der Waals surface area contributed by atoms with Crippen molar-refractivity contribution >= 4 is 39.1 Å². The number of likely N-dealkylation sites (N-methyl/N-ethyl adjacent to an activating group) is 1. The van der Waals surface area contributed by atoms with E-state index in [2.05, 4.69) is 9.71 Å². The van der Waals surface area contributed by atoms with Crippen molar-refractivity contribution in [2.45, 2.75) is 13.8 Å². The van der Waals surface area contributed by atoms with Crippen LogP contribution in [0.1, 0.15) is 18.1 Å². The first-order chi connectivity index (χ1) is 13.7. The molecule has 29 heavy (non-hydrogen) atoms. The van der Waals surface area contributed by atoms with E-state index in [9.17, 15) is 13.2 Å². The minimum Gasteiger partial charge on any atom is -0.496 e. The zero-order valence-electron chi connectivity index (χ0n) is 16.1. The zero-order valence-corrected chi connectivity index (χ0v) is 17.7. The number of allylic oxidation sites excluding steroid dienone is 1. The number of benzene rings is 2. The van der Waals surface area contributed by atoms with Gasteiger partial charge in [0.1, 0.15) is 11.4 Å². The van der Waals surface area contributed by atoms with Gasteiger partial charge in [0, 0.05) is 22.8 Å². The van der Waals surface area contributed by atoms with Gasteiger partial charge in [0.15, 0.2) is 0 Å². The summed E-state index contributed by atoms with van der Waals surface area (Å²) in [5.74, 6) is 0.0985. The number of nitrogens with one attached hydrogen (secondary N) is 1. The maximum atomic E-state index is 12.9. The van der Waals surface area contributed by atoms with E-state index in [0.717, 1.165) is 9.87 Å². The number of hydrogen-bond donors (Lipinski definition) is 1. The Bertz CT molecular complexity index is 1130.